The molecule has 2 aliphatic heterocycles. The predicted octanol–water partition coefficient (Wildman–Crippen LogP) is 0.643. The molecule has 2 fully saturated rings. The van der Waals surface area contributed by atoms with Crippen molar-refractivity contribution < 1.29 is 14.9 Å². The van der Waals surface area contributed by atoms with Crippen LogP contribution in [-0.4, -0.2) is 35.4 Å². The first-order valence-corrected chi connectivity index (χ1v) is 7.45. The molecule has 0 amide bonds. The van der Waals surface area contributed by atoms with E-state index in [0.717, 1.165) is 5.57 Å². The molecule has 1 aliphatic carbocycles. The molecular weight excluding hydrogens is 244 g/mol. The Bertz CT molecular complexity index is 342. The van der Waals surface area contributed by atoms with Crippen LogP contribution in [0.2, 0.25) is 0 Å². The quantitative estimate of drug-likeness (QED) is 0.565. The van der Waals surface area contributed by atoms with Gasteiger partial charge < -0.3 is 14.9 Å². The highest BCUT2D eigenvalue weighted by Gasteiger charge is 2.45. The second-order valence-electron chi connectivity index (χ2n) is 5.90. The fourth-order valence-corrected chi connectivity index (χ4v) is 3.86. The summed E-state index contributed by atoms with van der Waals surface area (Å²) in [6.07, 6.45) is 7.84. The van der Waals surface area contributed by atoms with E-state index in [9.17, 15) is 10.2 Å². The van der Waals surface area contributed by atoms with E-state index in [2.05, 4.69) is 10.9 Å². The van der Waals surface area contributed by atoms with Gasteiger partial charge in [0.1, 0.15) is 6.23 Å². The number of hydrogen-bond donors (Lipinski definition) is 4. The van der Waals surface area contributed by atoms with Gasteiger partial charge in [-0.25, -0.2) is 5.43 Å². The first-order valence-electron chi connectivity index (χ1n) is 7.45. The Balaban J connectivity index is 1.77. The van der Waals surface area contributed by atoms with Gasteiger partial charge in [-0.05, 0) is 31.3 Å². The van der Waals surface area contributed by atoms with E-state index in [1.165, 1.54) is 32.1 Å². The van der Waals surface area contributed by atoms with E-state index in [-0.39, 0.29) is 18.8 Å². The van der Waals surface area contributed by atoms with E-state index < -0.39 is 6.29 Å². The van der Waals surface area contributed by atoms with E-state index in [0.29, 0.717) is 18.4 Å². The van der Waals surface area contributed by atoms with Crippen molar-refractivity contribution in [3.05, 3.63) is 11.6 Å². The average molecular weight is 268 g/mol. The van der Waals surface area contributed by atoms with Gasteiger partial charge in [-0.2, -0.15) is 0 Å². The Hall–Kier alpha value is -0.460. The highest BCUT2D eigenvalue weighted by molar-refractivity contribution is 5.18. The molecule has 0 aromatic carbocycles. The first-order chi connectivity index (χ1) is 9.29. The number of hydrazine groups is 1. The standard InChI is InChI=1S/C14H24N2O3/c17-7-6-10-8-11(18)19-14-12(10)13(15-16-14)9-4-2-1-3-5-9/h8-9,11-18H,1-7H2. The molecule has 0 bridgehead atoms. The molecule has 4 unspecified atom stereocenters. The van der Waals surface area contributed by atoms with Gasteiger partial charge >= 0.3 is 0 Å². The van der Waals surface area contributed by atoms with Crippen LogP contribution in [0.5, 0.6) is 0 Å². The Morgan fingerprint density at radius 2 is 2.00 bits per heavy atom. The number of aliphatic hydroxyl groups excluding tert-OH is 2. The lowest BCUT2D eigenvalue weighted by Crippen LogP contribution is -2.41. The summed E-state index contributed by atoms with van der Waals surface area (Å²) in [6.45, 7) is 0.124. The molecule has 0 radical (unpaired) electrons. The molecule has 2 heterocycles. The summed E-state index contributed by atoms with van der Waals surface area (Å²) in [6, 6.07) is 0.357. The maximum Gasteiger partial charge on any atom is 0.176 e. The summed E-state index contributed by atoms with van der Waals surface area (Å²) in [5.74, 6) is 0.899. The van der Waals surface area contributed by atoms with Crippen molar-refractivity contribution >= 4 is 0 Å². The summed E-state index contributed by atoms with van der Waals surface area (Å²) in [5.41, 5.74) is 7.66. The van der Waals surface area contributed by atoms with Crippen LogP contribution in [0.3, 0.4) is 0 Å². The van der Waals surface area contributed by atoms with E-state index in [1.807, 2.05) is 0 Å². The van der Waals surface area contributed by atoms with Crippen molar-refractivity contribution in [3.8, 4) is 0 Å². The van der Waals surface area contributed by atoms with Crippen LogP contribution in [0.15, 0.2) is 11.6 Å². The van der Waals surface area contributed by atoms with Crippen LogP contribution in [0.1, 0.15) is 38.5 Å². The highest BCUT2D eigenvalue weighted by Crippen LogP contribution is 2.38. The molecule has 19 heavy (non-hydrogen) atoms. The second kappa shape index (κ2) is 5.89. The van der Waals surface area contributed by atoms with Crippen molar-refractivity contribution in [2.75, 3.05) is 6.61 Å². The summed E-state index contributed by atoms with van der Waals surface area (Å²) < 4.78 is 5.53. The summed E-state index contributed by atoms with van der Waals surface area (Å²) in [7, 11) is 0. The molecule has 3 rings (SSSR count). The lowest BCUT2D eigenvalue weighted by Gasteiger charge is -2.35. The van der Waals surface area contributed by atoms with Gasteiger partial charge in [-0.3, -0.25) is 5.43 Å². The smallest absolute Gasteiger partial charge is 0.176 e. The second-order valence-corrected chi connectivity index (χ2v) is 5.90. The lowest BCUT2D eigenvalue weighted by atomic mass is 9.75. The maximum absolute atomic E-state index is 9.70. The molecular formula is C14H24N2O3. The zero-order valence-corrected chi connectivity index (χ0v) is 11.2. The van der Waals surface area contributed by atoms with Crippen molar-refractivity contribution in [3.63, 3.8) is 0 Å². The minimum Gasteiger partial charge on any atom is -0.396 e. The topological polar surface area (TPSA) is 73.8 Å². The molecule has 108 valence electrons. The van der Waals surface area contributed by atoms with Crippen LogP contribution < -0.4 is 10.9 Å². The number of fused-ring (bicyclic) bond motifs is 1. The molecule has 0 aromatic heterocycles. The molecule has 1 saturated heterocycles. The SMILES string of the molecule is OCCC1=CC(O)OC2NNC(C3CCCCC3)C12. The van der Waals surface area contributed by atoms with Crippen LogP contribution in [0.4, 0.5) is 0 Å². The Kier molecular flexibility index (Phi) is 4.19. The number of aliphatic hydroxyl groups is 2. The normalized spacial score (nSPS) is 40.0. The monoisotopic (exact) mass is 268 g/mol. The van der Waals surface area contributed by atoms with Crippen LogP contribution in [0.25, 0.3) is 0 Å². The number of nitrogens with one attached hydrogen (secondary N) is 2. The minimum atomic E-state index is -0.859. The Morgan fingerprint density at radius 1 is 1.21 bits per heavy atom. The van der Waals surface area contributed by atoms with Gasteiger partial charge in [0.25, 0.3) is 0 Å². The molecule has 5 heteroatoms. The fraction of sp³-hybridized carbons (Fsp3) is 0.857. The van der Waals surface area contributed by atoms with Gasteiger partial charge in [0.05, 0.1) is 0 Å². The molecule has 4 N–H and O–H groups in total. The summed E-state index contributed by atoms with van der Waals surface area (Å²) >= 11 is 0. The van der Waals surface area contributed by atoms with Crippen LogP contribution in [0, 0.1) is 11.8 Å². The third kappa shape index (κ3) is 2.71. The van der Waals surface area contributed by atoms with Crippen molar-refractivity contribution in [1.82, 2.24) is 10.9 Å². The van der Waals surface area contributed by atoms with E-state index >= 15 is 0 Å². The van der Waals surface area contributed by atoms with Gasteiger partial charge in [0, 0.05) is 18.6 Å². The molecule has 0 spiro atoms. The van der Waals surface area contributed by atoms with Crippen LogP contribution in [-0.2, 0) is 4.74 Å². The average Bonchev–Trinajstić information content (AvgIpc) is 2.84. The number of rotatable bonds is 3. The molecule has 4 atom stereocenters. The molecule has 5 nitrogen and oxygen atoms in total. The van der Waals surface area contributed by atoms with Crippen LogP contribution >= 0.6 is 0 Å². The van der Waals surface area contributed by atoms with E-state index in [1.54, 1.807) is 6.08 Å². The van der Waals surface area contributed by atoms with Crippen molar-refractivity contribution in [2.24, 2.45) is 11.8 Å². The Morgan fingerprint density at radius 3 is 2.74 bits per heavy atom. The zero-order chi connectivity index (χ0) is 13.2. The molecule has 1 saturated carbocycles. The van der Waals surface area contributed by atoms with Crippen molar-refractivity contribution in [1.29, 1.82) is 0 Å². The zero-order valence-electron chi connectivity index (χ0n) is 11.2. The molecule has 0 aromatic rings. The third-order valence-corrected chi connectivity index (χ3v) is 4.73. The maximum atomic E-state index is 9.70. The van der Waals surface area contributed by atoms with Gasteiger partial charge in [-0.1, -0.05) is 24.8 Å². The minimum absolute atomic E-state index is 0.124. The summed E-state index contributed by atoms with van der Waals surface area (Å²) in [4.78, 5) is 0. The first kappa shape index (κ1) is 13.5. The van der Waals surface area contributed by atoms with Gasteiger partial charge in [0.2, 0.25) is 0 Å². The number of hydrogen-bond acceptors (Lipinski definition) is 5. The largest absolute Gasteiger partial charge is 0.396 e. The fourth-order valence-electron chi connectivity index (χ4n) is 3.86. The van der Waals surface area contributed by atoms with Crippen molar-refractivity contribution in [2.45, 2.75) is 57.1 Å². The molecule has 3 aliphatic rings. The lowest BCUT2D eigenvalue weighted by molar-refractivity contribution is -0.132. The Labute approximate surface area is 114 Å². The summed E-state index contributed by atoms with van der Waals surface area (Å²) in [5, 5.41) is 18.9. The highest BCUT2D eigenvalue weighted by atomic mass is 16.6. The van der Waals surface area contributed by atoms with E-state index in [4.69, 9.17) is 4.74 Å². The van der Waals surface area contributed by atoms with Gasteiger partial charge in [-0.15, -0.1) is 0 Å². The third-order valence-electron chi connectivity index (χ3n) is 4.73. The van der Waals surface area contributed by atoms with Gasteiger partial charge in [0.15, 0.2) is 6.29 Å². The predicted molar refractivity (Wildman–Crippen MR) is 70.8 cm³/mol. The number of ether oxygens (including phenoxy) is 1.